The summed E-state index contributed by atoms with van der Waals surface area (Å²) in [5, 5.41) is 3.12. The Bertz CT molecular complexity index is 1250. The molecule has 0 aliphatic carbocycles. The third kappa shape index (κ3) is 7.25. The van der Waals surface area contributed by atoms with E-state index in [2.05, 4.69) is 64.6 Å². The average Bonchev–Trinajstić information content (AvgIpc) is 3.44. The summed E-state index contributed by atoms with van der Waals surface area (Å²) in [6.07, 6.45) is 12.5. The Labute approximate surface area is 244 Å². The molecule has 0 saturated carbocycles. The molecular weight excluding hydrogens is 510 g/mol. The largest absolute Gasteiger partial charge is 0.342 e. The summed E-state index contributed by atoms with van der Waals surface area (Å²) < 4.78 is 2.03. The van der Waals surface area contributed by atoms with E-state index in [9.17, 15) is 9.59 Å². The van der Waals surface area contributed by atoms with Crippen molar-refractivity contribution in [3.8, 4) is 0 Å². The maximum atomic E-state index is 13.8. The van der Waals surface area contributed by atoms with Crippen molar-refractivity contribution in [1.29, 1.82) is 0 Å². The number of hydrogen-bond donors (Lipinski definition) is 1. The fourth-order valence-corrected chi connectivity index (χ4v) is 6.47. The Balaban J connectivity index is 1.10. The highest BCUT2D eigenvalue weighted by Gasteiger charge is 2.53. The Morgan fingerprint density at radius 3 is 2.27 bits per heavy atom. The number of rotatable bonds is 13. The Morgan fingerprint density at radius 1 is 0.878 bits per heavy atom. The summed E-state index contributed by atoms with van der Waals surface area (Å²) in [6, 6.07) is 20.4. The lowest BCUT2D eigenvalue weighted by atomic mass is 9.81. The molecule has 3 aromatic rings. The topological polar surface area (TPSA) is 70.5 Å². The molecule has 1 aromatic heterocycles. The van der Waals surface area contributed by atoms with Crippen LogP contribution in [0.25, 0.3) is 0 Å². The minimum Gasteiger partial charge on any atom is -0.342 e. The van der Waals surface area contributed by atoms with Gasteiger partial charge < -0.3 is 19.7 Å². The van der Waals surface area contributed by atoms with Gasteiger partial charge in [-0.2, -0.15) is 0 Å². The SMILES string of the molecule is CCCN1C(=O)[C@H](Cc2cn(Cc3ccccc3)cn2)NC(=O)C12CCN(CCCCCCc1ccccc1)CC2. The molecule has 41 heavy (non-hydrogen) atoms. The van der Waals surface area contributed by atoms with Crippen LogP contribution < -0.4 is 5.32 Å². The molecule has 3 heterocycles. The van der Waals surface area contributed by atoms with Gasteiger partial charge >= 0.3 is 0 Å². The van der Waals surface area contributed by atoms with Gasteiger partial charge in [0.15, 0.2) is 0 Å². The van der Waals surface area contributed by atoms with E-state index in [1.54, 1.807) is 0 Å². The first-order valence-electron chi connectivity index (χ1n) is 15.5. The molecule has 1 atom stereocenters. The first kappa shape index (κ1) is 29.1. The number of benzene rings is 2. The molecule has 7 nitrogen and oxygen atoms in total. The quantitative estimate of drug-likeness (QED) is 0.306. The second kappa shape index (κ2) is 13.9. The van der Waals surface area contributed by atoms with Crippen molar-refractivity contribution < 1.29 is 9.59 Å². The van der Waals surface area contributed by atoms with Crippen molar-refractivity contribution in [1.82, 2.24) is 24.7 Å². The van der Waals surface area contributed by atoms with Crippen molar-refractivity contribution in [3.05, 3.63) is 90.0 Å². The Kier molecular flexibility index (Phi) is 9.88. The maximum absolute atomic E-state index is 13.8. The standard InChI is InChI=1S/C34H45N5O2/c1-2-20-39-32(40)31(24-30-26-38(27-35-30)25-29-16-10-6-11-17-29)36-33(41)34(39)18-22-37(23-19-34)21-12-4-3-7-13-28-14-8-5-9-15-28/h5-6,8-11,14-17,26-27,31H,2-4,7,12-13,18-25H2,1H3,(H,36,41)/t31-/m0/s1. The molecule has 1 N–H and O–H groups in total. The number of piperidine rings is 1. The highest BCUT2D eigenvalue weighted by atomic mass is 16.2. The molecule has 2 amide bonds. The van der Waals surface area contributed by atoms with Gasteiger partial charge in [-0.1, -0.05) is 80.4 Å². The van der Waals surface area contributed by atoms with Crippen LogP contribution in [0, 0.1) is 0 Å². The van der Waals surface area contributed by atoms with E-state index in [-0.39, 0.29) is 11.8 Å². The second-order valence-corrected chi connectivity index (χ2v) is 11.8. The van der Waals surface area contributed by atoms with Crippen LogP contribution in [0.1, 0.15) is 68.7 Å². The number of hydrogen-bond acceptors (Lipinski definition) is 4. The third-order valence-electron chi connectivity index (χ3n) is 8.78. The molecule has 1 spiro atoms. The van der Waals surface area contributed by atoms with Crippen LogP contribution in [0.2, 0.25) is 0 Å². The van der Waals surface area contributed by atoms with Gasteiger partial charge in [-0.25, -0.2) is 4.98 Å². The molecule has 218 valence electrons. The van der Waals surface area contributed by atoms with E-state index in [1.807, 2.05) is 40.2 Å². The molecule has 0 radical (unpaired) electrons. The van der Waals surface area contributed by atoms with Gasteiger partial charge in [0.05, 0.1) is 12.0 Å². The van der Waals surface area contributed by atoms with E-state index in [4.69, 9.17) is 0 Å². The maximum Gasteiger partial charge on any atom is 0.246 e. The lowest BCUT2D eigenvalue weighted by molar-refractivity contribution is -0.161. The van der Waals surface area contributed by atoms with Gasteiger partial charge in [-0.3, -0.25) is 9.59 Å². The monoisotopic (exact) mass is 555 g/mol. The molecule has 7 heteroatoms. The highest BCUT2D eigenvalue weighted by Crippen LogP contribution is 2.34. The molecule has 2 aliphatic heterocycles. The summed E-state index contributed by atoms with van der Waals surface area (Å²) in [5.74, 6) is 0.0516. The Hall–Kier alpha value is -3.45. The van der Waals surface area contributed by atoms with Gasteiger partial charge in [0, 0.05) is 38.8 Å². The minimum atomic E-state index is -0.720. The van der Waals surface area contributed by atoms with Gasteiger partial charge in [0.2, 0.25) is 11.8 Å². The Morgan fingerprint density at radius 2 is 1.56 bits per heavy atom. The first-order chi connectivity index (χ1) is 20.1. The predicted molar refractivity (Wildman–Crippen MR) is 162 cm³/mol. The van der Waals surface area contributed by atoms with Crippen LogP contribution in [0.3, 0.4) is 0 Å². The zero-order valence-corrected chi connectivity index (χ0v) is 24.5. The van der Waals surface area contributed by atoms with Gasteiger partial charge in [-0.15, -0.1) is 0 Å². The lowest BCUT2D eigenvalue weighted by Crippen LogP contribution is -2.73. The number of carbonyl (C=O) groups is 2. The third-order valence-corrected chi connectivity index (χ3v) is 8.78. The zero-order valence-electron chi connectivity index (χ0n) is 24.5. The van der Waals surface area contributed by atoms with E-state index >= 15 is 0 Å². The average molecular weight is 556 g/mol. The summed E-state index contributed by atoms with van der Waals surface area (Å²) in [6.45, 7) is 6.22. The summed E-state index contributed by atoms with van der Waals surface area (Å²) in [7, 11) is 0. The summed E-state index contributed by atoms with van der Waals surface area (Å²) >= 11 is 0. The van der Waals surface area contributed by atoms with Gasteiger partial charge in [0.1, 0.15) is 11.6 Å². The molecule has 2 saturated heterocycles. The number of piperazine rings is 1. The van der Waals surface area contributed by atoms with Crippen LogP contribution in [0.5, 0.6) is 0 Å². The normalized spacial score (nSPS) is 19.0. The number of nitrogens with one attached hydrogen (secondary N) is 1. The van der Waals surface area contributed by atoms with Crippen molar-refractivity contribution in [2.45, 2.75) is 82.8 Å². The molecule has 5 rings (SSSR count). The fourth-order valence-electron chi connectivity index (χ4n) is 6.47. The number of carbonyl (C=O) groups excluding carboxylic acids is 2. The summed E-state index contributed by atoms with van der Waals surface area (Å²) in [4.78, 5) is 36.4. The van der Waals surface area contributed by atoms with E-state index < -0.39 is 11.6 Å². The fraction of sp³-hybridized carbons (Fsp3) is 0.500. The van der Waals surface area contributed by atoms with Crippen LogP contribution in [0.4, 0.5) is 0 Å². The van der Waals surface area contributed by atoms with Crippen LogP contribution >= 0.6 is 0 Å². The molecule has 2 fully saturated rings. The molecule has 2 aromatic carbocycles. The number of unbranched alkanes of at least 4 members (excludes halogenated alkanes) is 3. The number of aromatic nitrogens is 2. The zero-order chi connectivity index (χ0) is 28.5. The van der Waals surface area contributed by atoms with Gasteiger partial charge in [0.25, 0.3) is 0 Å². The number of imidazole rings is 1. The molecular formula is C34H45N5O2. The van der Waals surface area contributed by atoms with E-state index in [1.165, 1.54) is 36.8 Å². The lowest BCUT2D eigenvalue weighted by Gasteiger charge is -2.51. The van der Waals surface area contributed by atoms with Crippen LogP contribution in [-0.4, -0.2) is 68.9 Å². The number of amides is 2. The van der Waals surface area contributed by atoms with Gasteiger partial charge in [-0.05, 0) is 56.2 Å². The van der Waals surface area contributed by atoms with Crippen molar-refractivity contribution in [2.75, 3.05) is 26.2 Å². The van der Waals surface area contributed by atoms with E-state index in [0.717, 1.165) is 44.7 Å². The minimum absolute atomic E-state index is 0.0137. The van der Waals surface area contributed by atoms with Crippen molar-refractivity contribution in [2.24, 2.45) is 0 Å². The second-order valence-electron chi connectivity index (χ2n) is 11.8. The van der Waals surface area contributed by atoms with Crippen molar-refractivity contribution in [3.63, 3.8) is 0 Å². The number of likely N-dealkylation sites (tertiary alicyclic amines) is 1. The van der Waals surface area contributed by atoms with Crippen molar-refractivity contribution >= 4 is 11.8 Å². The first-order valence-corrected chi connectivity index (χ1v) is 15.5. The highest BCUT2D eigenvalue weighted by molar-refractivity contribution is 6.00. The summed E-state index contributed by atoms with van der Waals surface area (Å²) in [5.41, 5.74) is 2.72. The number of nitrogens with zero attached hydrogens (tertiary/aromatic N) is 4. The molecule has 2 aliphatic rings. The predicted octanol–water partition coefficient (Wildman–Crippen LogP) is 4.85. The molecule has 0 unspecified atom stereocenters. The van der Waals surface area contributed by atoms with Crippen LogP contribution in [-0.2, 0) is 29.0 Å². The van der Waals surface area contributed by atoms with Crippen LogP contribution in [0.15, 0.2) is 73.2 Å². The smallest absolute Gasteiger partial charge is 0.246 e. The number of aryl methyl sites for hydroxylation is 1. The van der Waals surface area contributed by atoms with E-state index in [0.29, 0.717) is 25.8 Å². The molecule has 0 bridgehead atoms.